The largest absolute Gasteiger partial charge is 0.380 e. The van der Waals surface area contributed by atoms with E-state index in [1.807, 2.05) is 11.8 Å². The number of fused-ring (bicyclic) bond motifs is 1. The van der Waals surface area contributed by atoms with Crippen LogP contribution in [-0.2, 0) is 9.59 Å². The molecule has 3 aliphatic carbocycles. The number of rotatable bonds is 3. The number of nitrogens with zero attached hydrogens (tertiary/aromatic N) is 3. The maximum absolute atomic E-state index is 13.2. The van der Waals surface area contributed by atoms with Gasteiger partial charge in [-0.3, -0.25) is 15.0 Å². The molecule has 174 valence electrons. The van der Waals surface area contributed by atoms with Crippen molar-refractivity contribution in [2.45, 2.75) is 82.4 Å². The molecule has 2 heterocycles. The molecule has 31 heavy (non-hydrogen) atoms. The van der Waals surface area contributed by atoms with Crippen LogP contribution in [0.4, 0.5) is 0 Å². The second-order valence-corrected chi connectivity index (χ2v) is 11.2. The Morgan fingerprint density at radius 1 is 0.935 bits per heavy atom. The van der Waals surface area contributed by atoms with Gasteiger partial charge >= 0.3 is 0 Å². The molecule has 2 amide bonds. The lowest BCUT2D eigenvalue weighted by molar-refractivity contribution is -0.152. The van der Waals surface area contributed by atoms with Gasteiger partial charge in [-0.05, 0) is 82.5 Å². The van der Waals surface area contributed by atoms with Crippen LogP contribution in [0.1, 0.15) is 64.7 Å². The minimum atomic E-state index is -1.11. The van der Waals surface area contributed by atoms with Gasteiger partial charge in [-0.1, -0.05) is 0 Å². The summed E-state index contributed by atoms with van der Waals surface area (Å²) in [5.74, 6) is 2.75. The van der Waals surface area contributed by atoms with Crippen LogP contribution in [0.5, 0.6) is 0 Å². The van der Waals surface area contributed by atoms with E-state index >= 15 is 0 Å². The van der Waals surface area contributed by atoms with Crippen molar-refractivity contribution < 1.29 is 14.7 Å². The highest BCUT2D eigenvalue weighted by molar-refractivity contribution is 5.88. The summed E-state index contributed by atoms with van der Waals surface area (Å²) in [7, 11) is 2.16. The average Bonchev–Trinajstić information content (AvgIpc) is 3.41. The zero-order valence-corrected chi connectivity index (χ0v) is 19.3. The van der Waals surface area contributed by atoms with Gasteiger partial charge in [0, 0.05) is 51.2 Å². The molecule has 5 aliphatic rings. The van der Waals surface area contributed by atoms with E-state index in [2.05, 4.69) is 17.5 Å². The Hall–Kier alpha value is -1.18. The Bertz CT molecular complexity index is 703. The minimum absolute atomic E-state index is 0.0154. The van der Waals surface area contributed by atoms with Crippen molar-refractivity contribution in [2.24, 2.45) is 23.7 Å². The molecule has 4 atom stereocenters. The second-order valence-electron chi connectivity index (χ2n) is 11.2. The SMILES string of the molecule is C[C@H]1CN(C(=O)C2CCC(C3CCC4CN(C)NC4C3)CC2)CCN1C(=O)C1(O)CC1. The molecule has 2 N–H and O–H groups in total. The summed E-state index contributed by atoms with van der Waals surface area (Å²) in [5, 5.41) is 12.4. The fourth-order valence-electron chi connectivity index (χ4n) is 6.91. The van der Waals surface area contributed by atoms with Gasteiger partial charge in [0.15, 0.2) is 0 Å². The van der Waals surface area contributed by atoms with Crippen molar-refractivity contribution in [3.63, 3.8) is 0 Å². The normalized spacial score (nSPS) is 40.5. The van der Waals surface area contributed by atoms with Gasteiger partial charge in [0.1, 0.15) is 5.60 Å². The number of amides is 2. The Morgan fingerprint density at radius 3 is 2.29 bits per heavy atom. The number of carbonyl (C=O) groups is 2. The quantitative estimate of drug-likeness (QED) is 0.709. The van der Waals surface area contributed by atoms with Crippen molar-refractivity contribution in [1.29, 1.82) is 0 Å². The van der Waals surface area contributed by atoms with Crippen molar-refractivity contribution in [1.82, 2.24) is 20.2 Å². The Morgan fingerprint density at radius 2 is 1.61 bits per heavy atom. The first-order valence-corrected chi connectivity index (χ1v) is 12.6. The standard InChI is InChI=1S/C24H40N4O3/c1-16-14-27(11-12-28(16)23(30)24(31)9-10-24)22(29)18-5-3-17(4-6-18)19-7-8-20-15-26(2)25-21(20)13-19/h16-21,25,31H,3-15H2,1-2H3/t16-,17?,18?,19?,20?,21?/m0/s1. The van der Waals surface area contributed by atoms with Gasteiger partial charge in [0.25, 0.3) is 5.91 Å². The van der Waals surface area contributed by atoms with E-state index in [9.17, 15) is 14.7 Å². The van der Waals surface area contributed by atoms with Gasteiger partial charge in [-0.2, -0.15) is 0 Å². The number of hydrogen-bond acceptors (Lipinski definition) is 5. The molecule has 5 fully saturated rings. The Labute approximate surface area is 186 Å². The first-order chi connectivity index (χ1) is 14.8. The monoisotopic (exact) mass is 432 g/mol. The highest BCUT2D eigenvalue weighted by Gasteiger charge is 2.51. The third kappa shape index (κ3) is 4.25. The van der Waals surface area contributed by atoms with Gasteiger partial charge in [0.2, 0.25) is 5.91 Å². The predicted molar refractivity (Wildman–Crippen MR) is 118 cm³/mol. The molecule has 0 radical (unpaired) electrons. The molecule has 0 aromatic heterocycles. The third-order valence-electron chi connectivity index (χ3n) is 9.04. The number of piperazine rings is 1. The lowest BCUT2D eigenvalue weighted by Gasteiger charge is -2.43. The Kier molecular flexibility index (Phi) is 5.80. The van der Waals surface area contributed by atoms with E-state index in [-0.39, 0.29) is 17.9 Å². The molecular weight excluding hydrogens is 392 g/mol. The average molecular weight is 433 g/mol. The lowest BCUT2D eigenvalue weighted by atomic mass is 9.68. The minimum Gasteiger partial charge on any atom is -0.380 e. The van der Waals surface area contributed by atoms with Gasteiger partial charge in [0.05, 0.1) is 0 Å². The van der Waals surface area contributed by atoms with Crippen LogP contribution < -0.4 is 5.43 Å². The van der Waals surface area contributed by atoms with Crippen molar-refractivity contribution in [3.8, 4) is 0 Å². The van der Waals surface area contributed by atoms with Crippen LogP contribution in [-0.4, -0.2) is 82.6 Å². The topological polar surface area (TPSA) is 76.1 Å². The van der Waals surface area contributed by atoms with E-state index < -0.39 is 5.60 Å². The summed E-state index contributed by atoms with van der Waals surface area (Å²) < 4.78 is 0. The van der Waals surface area contributed by atoms with Crippen LogP contribution >= 0.6 is 0 Å². The van der Waals surface area contributed by atoms with Crippen molar-refractivity contribution in [2.75, 3.05) is 33.2 Å². The number of hydrogen-bond donors (Lipinski definition) is 2. The van der Waals surface area contributed by atoms with Crippen LogP contribution in [0.2, 0.25) is 0 Å². The van der Waals surface area contributed by atoms with Crippen LogP contribution in [0.15, 0.2) is 0 Å². The number of aliphatic hydroxyl groups is 1. The molecule has 0 spiro atoms. The fraction of sp³-hybridized carbons (Fsp3) is 0.917. The summed E-state index contributed by atoms with van der Waals surface area (Å²) in [6, 6.07) is 0.649. The van der Waals surface area contributed by atoms with Crippen LogP contribution in [0.25, 0.3) is 0 Å². The Balaban J connectivity index is 1.09. The molecule has 0 bridgehead atoms. The summed E-state index contributed by atoms with van der Waals surface area (Å²) in [6.07, 6.45) is 9.60. The number of hydrazine groups is 1. The molecule has 5 rings (SSSR count). The van der Waals surface area contributed by atoms with E-state index in [0.29, 0.717) is 44.4 Å². The molecule has 7 nitrogen and oxygen atoms in total. The van der Waals surface area contributed by atoms with Gasteiger partial charge < -0.3 is 14.9 Å². The molecule has 2 saturated heterocycles. The van der Waals surface area contributed by atoms with Crippen LogP contribution in [0.3, 0.4) is 0 Å². The van der Waals surface area contributed by atoms with Crippen molar-refractivity contribution in [3.05, 3.63) is 0 Å². The van der Waals surface area contributed by atoms with Gasteiger partial charge in [-0.25, -0.2) is 5.01 Å². The maximum Gasteiger partial charge on any atom is 0.254 e. The van der Waals surface area contributed by atoms with E-state index in [4.69, 9.17) is 0 Å². The van der Waals surface area contributed by atoms with Gasteiger partial charge in [-0.15, -0.1) is 0 Å². The molecule has 0 aromatic carbocycles. The molecule has 0 aromatic rings. The summed E-state index contributed by atoms with van der Waals surface area (Å²) >= 11 is 0. The smallest absolute Gasteiger partial charge is 0.254 e. The number of carbonyl (C=O) groups excluding carboxylic acids is 2. The zero-order chi connectivity index (χ0) is 21.8. The zero-order valence-electron chi connectivity index (χ0n) is 19.3. The molecule has 2 aliphatic heterocycles. The highest BCUT2D eigenvalue weighted by atomic mass is 16.3. The molecule has 7 heteroatoms. The van der Waals surface area contributed by atoms with Crippen LogP contribution in [0, 0.1) is 23.7 Å². The van der Waals surface area contributed by atoms with E-state index in [0.717, 1.165) is 30.6 Å². The van der Waals surface area contributed by atoms with Crippen molar-refractivity contribution >= 4 is 11.8 Å². The summed E-state index contributed by atoms with van der Waals surface area (Å²) in [4.78, 5) is 29.5. The molecule has 3 saturated carbocycles. The summed E-state index contributed by atoms with van der Waals surface area (Å²) in [6.45, 7) is 4.96. The maximum atomic E-state index is 13.2. The predicted octanol–water partition coefficient (Wildman–Crippen LogP) is 1.61. The molecule has 3 unspecified atom stereocenters. The highest BCUT2D eigenvalue weighted by Crippen LogP contribution is 2.43. The fourth-order valence-corrected chi connectivity index (χ4v) is 6.91. The third-order valence-corrected chi connectivity index (χ3v) is 9.04. The van der Waals surface area contributed by atoms with E-state index in [1.165, 1.54) is 38.6 Å². The van der Waals surface area contributed by atoms with E-state index in [1.54, 1.807) is 4.90 Å². The first kappa shape index (κ1) is 21.7. The second kappa shape index (κ2) is 8.31. The first-order valence-electron chi connectivity index (χ1n) is 12.6. The lowest BCUT2D eigenvalue weighted by Crippen LogP contribution is -2.58. The molecular formula is C24H40N4O3. The summed E-state index contributed by atoms with van der Waals surface area (Å²) in [5.41, 5.74) is 2.54. The number of nitrogens with one attached hydrogen (secondary N) is 1.